The third-order valence-electron chi connectivity index (χ3n) is 2.84. The van der Waals surface area contributed by atoms with Crippen molar-refractivity contribution in [2.75, 3.05) is 0 Å². The maximum Gasteiger partial charge on any atom is 0.124 e. The largest absolute Gasteiger partial charge is 0.303 e. The van der Waals surface area contributed by atoms with Crippen molar-refractivity contribution in [1.29, 1.82) is 0 Å². The van der Waals surface area contributed by atoms with E-state index in [-0.39, 0.29) is 11.3 Å². The molecule has 1 nitrogen and oxygen atoms in total. The number of carbonyl (C=O) groups is 1. The molecule has 0 bridgehead atoms. The molecule has 12 heavy (non-hydrogen) atoms. The fourth-order valence-corrected chi connectivity index (χ4v) is 1.75. The summed E-state index contributed by atoms with van der Waals surface area (Å²) in [6.07, 6.45) is 3.93. The van der Waals surface area contributed by atoms with Gasteiger partial charge in [0.25, 0.3) is 0 Å². The molecule has 0 radical (unpaired) electrons. The summed E-state index contributed by atoms with van der Waals surface area (Å²) in [6, 6.07) is 0. The number of carbonyl (C=O) groups excluding carboxylic acids is 1. The summed E-state index contributed by atoms with van der Waals surface area (Å²) >= 11 is 5.89. The molecule has 0 aromatic heterocycles. The molecule has 0 amide bonds. The lowest BCUT2D eigenvalue weighted by Crippen LogP contribution is -1.89. The van der Waals surface area contributed by atoms with Crippen LogP contribution in [0.3, 0.4) is 0 Å². The minimum Gasteiger partial charge on any atom is -0.303 e. The molecular formula is C10H15ClO. The molecule has 0 aliphatic heterocycles. The zero-order valence-corrected chi connectivity index (χ0v) is 8.56. The molecule has 1 aliphatic rings. The predicted octanol–water partition coefficient (Wildman–Crippen LogP) is 2.99. The Hall–Kier alpha value is -0.300. The average Bonchev–Trinajstić information content (AvgIpc) is 2.53. The topological polar surface area (TPSA) is 17.1 Å². The van der Waals surface area contributed by atoms with Crippen LogP contribution in [0.15, 0.2) is 11.1 Å². The molecule has 2 atom stereocenters. The number of allylic oxidation sites excluding steroid dienone is 2. The maximum absolute atomic E-state index is 10.6. The Morgan fingerprint density at radius 3 is 2.42 bits per heavy atom. The van der Waals surface area contributed by atoms with Gasteiger partial charge >= 0.3 is 0 Å². The molecule has 0 heterocycles. The lowest BCUT2D eigenvalue weighted by Gasteiger charge is -1.97. The lowest BCUT2D eigenvalue weighted by molar-refractivity contribution is -0.109. The molecule has 68 valence electrons. The first-order valence-electron chi connectivity index (χ1n) is 4.35. The Balaban J connectivity index is 2.64. The molecule has 0 aromatic rings. The van der Waals surface area contributed by atoms with Crippen molar-refractivity contribution in [1.82, 2.24) is 0 Å². The van der Waals surface area contributed by atoms with Crippen molar-refractivity contribution >= 4 is 17.9 Å². The quantitative estimate of drug-likeness (QED) is 0.620. The highest BCUT2D eigenvalue weighted by molar-refractivity contribution is 6.29. The monoisotopic (exact) mass is 186 g/mol. The standard InChI is InChI=1S/C10H15ClO/c1-4-7(11)5-8-9(6-12)10(8,2)3/h5-6,8-9H,4H2,1-3H3. The number of aldehydes is 1. The molecule has 1 rings (SSSR count). The molecule has 1 saturated carbocycles. The van der Waals surface area contributed by atoms with Crippen molar-refractivity contribution in [2.45, 2.75) is 27.2 Å². The van der Waals surface area contributed by atoms with Gasteiger partial charge in [0.1, 0.15) is 6.29 Å². The first kappa shape index (κ1) is 9.79. The number of halogens is 1. The zero-order chi connectivity index (χ0) is 9.35. The third-order valence-corrected chi connectivity index (χ3v) is 3.23. The Labute approximate surface area is 78.8 Å². The summed E-state index contributed by atoms with van der Waals surface area (Å²) in [4.78, 5) is 10.6. The minimum absolute atomic E-state index is 0.136. The van der Waals surface area contributed by atoms with Gasteiger partial charge < -0.3 is 4.79 Å². The van der Waals surface area contributed by atoms with Gasteiger partial charge in [0.15, 0.2) is 0 Å². The van der Waals surface area contributed by atoms with Crippen molar-refractivity contribution < 1.29 is 4.79 Å². The second-order valence-electron chi connectivity index (χ2n) is 3.98. The SMILES string of the molecule is CCC(Cl)=CC1C(C=O)C1(C)C. The molecule has 0 aromatic carbocycles. The fraction of sp³-hybridized carbons (Fsp3) is 0.700. The summed E-state index contributed by atoms with van der Waals surface area (Å²) < 4.78 is 0. The van der Waals surface area contributed by atoms with Gasteiger partial charge in [-0.25, -0.2) is 0 Å². The summed E-state index contributed by atoms with van der Waals surface area (Å²) in [5.41, 5.74) is 0.136. The van der Waals surface area contributed by atoms with E-state index < -0.39 is 0 Å². The Morgan fingerprint density at radius 1 is 1.50 bits per heavy atom. The van der Waals surface area contributed by atoms with E-state index in [2.05, 4.69) is 13.8 Å². The van der Waals surface area contributed by atoms with E-state index >= 15 is 0 Å². The highest BCUT2D eigenvalue weighted by Crippen LogP contribution is 2.58. The maximum atomic E-state index is 10.6. The first-order valence-corrected chi connectivity index (χ1v) is 4.73. The molecular weight excluding hydrogens is 172 g/mol. The normalized spacial score (nSPS) is 33.2. The van der Waals surface area contributed by atoms with E-state index in [0.717, 1.165) is 17.7 Å². The molecule has 0 N–H and O–H groups in total. The molecule has 2 heteroatoms. The Kier molecular flexibility index (Phi) is 2.62. The van der Waals surface area contributed by atoms with Gasteiger partial charge in [0, 0.05) is 11.0 Å². The van der Waals surface area contributed by atoms with Gasteiger partial charge in [0.2, 0.25) is 0 Å². The number of hydrogen-bond acceptors (Lipinski definition) is 1. The summed E-state index contributed by atoms with van der Waals surface area (Å²) in [5.74, 6) is 0.542. The lowest BCUT2D eigenvalue weighted by atomic mass is 10.1. The first-order chi connectivity index (χ1) is 5.54. The molecule has 0 spiro atoms. The Morgan fingerprint density at radius 2 is 2.08 bits per heavy atom. The Bertz CT molecular complexity index is 218. The van der Waals surface area contributed by atoms with Crippen molar-refractivity contribution in [3.05, 3.63) is 11.1 Å². The second kappa shape index (κ2) is 3.21. The van der Waals surface area contributed by atoms with Crippen LogP contribution >= 0.6 is 11.6 Å². The van der Waals surface area contributed by atoms with E-state index in [9.17, 15) is 4.79 Å². The van der Waals surface area contributed by atoms with Gasteiger partial charge in [-0.2, -0.15) is 0 Å². The summed E-state index contributed by atoms with van der Waals surface area (Å²) in [6.45, 7) is 6.23. The van der Waals surface area contributed by atoms with Gasteiger partial charge in [-0.05, 0) is 17.8 Å². The third kappa shape index (κ3) is 1.56. The van der Waals surface area contributed by atoms with Gasteiger partial charge in [-0.15, -0.1) is 0 Å². The number of hydrogen-bond donors (Lipinski definition) is 0. The minimum atomic E-state index is 0.136. The van der Waals surface area contributed by atoms with E-state index in [0.29, 0.717) is 5.92 Å². The molecule has 2 unspecified atom stereocenters. The van der Waals surface area contributed by atoms with Crippen LogP contribution in [-0.4, -0.2) is 6.29 Å². The highest BCUT2D eigenvalue weighted by Gasteiger charge is 2.56. The van der Waals surface area contributed by atoms with E-state index in [1.165, 1.54) is 0 Å². The van der Waals surface area contributed by atoms with Crippen LogP contribution in [0.25, 0.3) is 0 Å². The van der Waals surface area contributed by atoms with Crippen LogP contribution in [0, 0.1) is 17.3 Å². The highest BCUT2D eigenvalue weighted by atomic mass is 35.5. The van der Waals surface area contributed by atoms with Gasteiger partial charge in [-0.1, -0.05) is 38.4 Å². The van der Waals surface area contributed by atoms with E-state index in [1.807, 2.05) is 13.0 Å². The van der Waals surface area contributed by atoms with Crippen molar-refractivity contribution in [3.8, 4) is 0 Å². The van der Waals surface area contributed by atoms with Crippen LogP contribution < -0.4 is 0 Å². The second-order valence-corrected chi connectivity index (χ2v) is 4.46. The van der Waals surface area contributed by atoms with Crippen molar-refractivity contribution in [2.24, 2.45) is 17.3 Å². The molecule has 0 saturated heterocycles. The average molecular weight is 187 g/mol. The zero-order valence-electron chi connectivity index (χ0n) is 7.80. The van der Waals surface area contributed by atoms with E-state index in [4.69, 9.17) is 11.6 Å². The molecule has 1 aliphatic carbocycles. The van der Waals surface area contributed by atoms with Gasteiger partial charge in [-0.3, -0.25) is 0 Å². The molecule has 1 fully saturated rings. The van der Waals surface area contributed by atoms with Crippen LogP contribution in [0.1, 0.15) is 27.2 Å². The van der Waals surface area contributed by atoms with Crippen LogP contribution in [-0.2, 0) is 4.79 Å². The van der Waals surface area contributed by atoms with E-state index in [1.54, 1.807) is 0 Å². The van der Waals surface area contributed by atoms with Crippen LogP contribution in [0.2, 0.25) is 0 Å². The summed E-state index contributed by atoms with van der Waals surface area (Å²) in [7, 11) is 0. The predicted molar refractivity (Wildman–Crippen MR) is 51.1 cm³/mol. The van der Waals surface area contributed by atoms with Crippen LogP contribution in [0.5, 0.6) is 0 Å². The van der Waals surface area contributed by atoms with Gasteiger partial charge in [0.05, 0.1) is 0 Å². The summed E-state index contributed by atoms with van der Waals surface area (Å²) in [5, 5.41) is 0.873. The number of rotatable bonds is 3. The van der Waals surface area contributed by atoms with Crippen LogP contribution in [0.4, 0.5) is 0 Å². The smallest absolute Gasteiger partial charge is 0.124 e. The fourth-order valence-electron chi connectivity index (χ4n) is 1.61. The van der Waals surface area contributed by atoms with Crippen molar-refractivity contribution in [3.63, 3.8) is 0 Å².